The molecule has 24 heavy (non-hydrogen) atoms. The van der Waals surface area contributed by atoms with E-state index in [4.69, 9.17) is 14.2 Å². The summed E-state index contributed by atoms with van der Waals surface area (Å²) in [6.07, 6.45) is 2.08. The highest BCUT2D eigenvalue weighted by Crippen LogP contribution is 2.18. The zero-order chi connectivity index (χ0) is 18.3. The van der Waals surface area contributed by atoms with Crippen molar-refractivity contribution in [1.29, 1.82) is 0 Å². The van der Waals surface area contributed by atoms with Crippen LogP contribution in [0.1, 0.15) is 40.5 Å². The molecule has 0 bridgehead atoms. The average Bonchev–Trinajstić information content (AvgIpc) is 2.57. The van der Waals surface area contributed by atoms with Gasteiger partial charge in [0, 0.05) is 46.1 Å². The summed E-state index contributed by atoms with van der Waals surface area (Å²) in [5, 5.41) is 0. The maximum absolute atomic E-state index is 5.96. The standard InChI is InChI=1S/C18H42N2O3Si/c1-7-18(22-9-3,23-10-4)24-17-15-20(6)14-13-19(5)12-11-16-21-8-2/h7-17,24H2,1-6H3. The third-order valence-electron chi connectivity index (χ3n) is 4.35. The lowest BCUT2D eigenvalue weighted by Gasteiger charge is -2.33. The molecule has 0 saturated carbocycles. The SMILES string of the molecule is CCOCCCN(C)CCN(C)CC[SiH2]C(CC)(OCC)OCC. The monoisotopic (exact) mass is 362 g/mol. The van der Waals surface area contributed by atoms with Gasteiger partial charge in [-0.05, 0) is 60.3 Å². The molecule has 0 aromatic rings. The second-order valence-electron chi connectivity index (χ2n) is 6.39. The molecule has 0 aromatic carbocycles. The fraction of sp³-hybridized carbons (Fsp3) is 1.00. The second kappa shape index (κ2) is 15.3. The largest absolute Gasteiger partial charge is 0.382 e. The van der Waals surface area contributed by atoms with Gasteiger partial charge in [-0.1, -0.05) is 6.92 Å². The minimum absolute atomic E-state index is 0.250. The molecule has 0 aliphatic rings. The summed E-state index contributed by atoms with van der Waals surface area (Å²) < 4.78 is 17.3. The Morgan fingerprint density at radius 2 is 1.38 bits per heavy atom. The molecule has 0 fully saturated rings. The first-order valence-corrected chi connectivity index (χ1v) is 11.5. The Morgan fingerprint density at radius 3 is 1.88 bits per heavy atom. The van der Waals surface area contributed by atoms with Crippen LogP contribution in [0.15, 0.2) is 0 Å². The van der Waals surface area contributed by atoms with Gasteiger partial charge >= 0.3 is 0 Å². The Balaban J connectivity index is 3.92. The van der Waals surface area contributed by atoms with E-state index >= 15 is 0 Å². The van der Waals surface area contributed by atoms with E-state index in [1.165, 1.54) is 6.04 Å². The first-order valence-electron chi connectivity index (χ1n) is 9.76. The van der Waals surface area contributed by atoms with Crippen molar-refractivity contribution in [2.24, 2.45) is 0 Å². The summed E-state index contributed by atoms with van der Waals surface area (Å²) in [5.74, 6) is 0. The number of hydrogen-bond donors (Lipinski definition) is 0. The number of nitrogens with zero attached hydrogens (tertiary/aromatic N) is 2. The van der Waals surface area contributed by atoms with Gasteiger partial charge in [-0.25, -0.2) is 0 Å². The van der Waals surface area contributed by atoms with Crippen LogP contribution in [0, 0.1) is 0 Å². The fourth-order valence-electron chi connectivity index (χ4n) is 2.86. The number of ether oxygens (including phenoxy) is 3. The van der Waals surface area contributed by atoms with E-state index in [9.17, 15) is 0 Å². The van der Waals surface area contributed by atoms with Crippen LogP contribution < -0.4 is 0 Å². The molecule has 0 atom stereocenters. The number of rotatable bonds is 17. The Kier molecular flexibility index (Phi) is 15.3. The molecule has 5 nitrogen and oxygen atoms in total. The van der Waals surface area contributed by atoms with Crippen LogP contribution >= 0.6 is 0 Å². The van der Waals surface area contributed by atoms with Gasteiger partial charge in [0.25, 0.3) is 0 Å². The Hall–Kier alpha value is 0.0169. The lowest BCUT2D eigenvalue weighted by Crippen LogP contribution is -2.43. The highest BCUT2D eigenvalue weighted by atomic mass is 28.2. The van der Waals surface area contributed by atoms with Gasteiger partial charge in [0.05, 0.1) is 9.52 Å². The van der Waals surface area contributed by atoms with Crippen LogP contribution in [-0.2, 0) is 14.2 Å². The Labute approximate surface area is 152 Å². The van der Waals surface area contributed by atoms with Crippen LogP contribution in [0.4, 0.5) is 0 Å². The zero-order valence-electron chi connectivity index (χ0n) is 17.1. The van der Waals surface area contributed by atoms with Gasteiger partial charge in [-0.2, -0.15) is 0 Å². The van der Waals surface area contributed by atoms with Crippen LogP contribution in [0.25, 0.3) is 0 Å². The van der Waals surface area contributed by atoms with Crippen molar-refractivity contribution in [3.8, 4) is 0 Å². The minimum atomic E-state index is -0.418. The molecule has 0 unspecified atom stereocenters. The lowest BCUT2D eigenvalue weighted by atomic mass is 10.4. The number of hydrogen-bond acceptors (Lipinski definition) is 5. The van der Waals surface area contributed by atoms with Crippen molar-refractivity contribution < 1.29 is 14.2 Å². The summed E-state index contributed by atoms with van der Waals surface area (Å²) >= 11 is 0. The van der Waals surface area contributed by atoms with E-state index in [0.29, 0.717) is 0 Å². The van der Waals surface area contributed by atoms with Crippen LogP contribution in [0.5, 0.6) is 0 Å². The van der Waals surface area contributed by atoms with Gasteiger partial charge in [-0.3, -0.25) is 0 Å². The molecule has 0 N–H and O–H groups in total. The molecule has 0 aliphatic heterocycles. The molecule has 0 radical (unpaired) electrons. The quantitative estimate of drug-likeness (QED) is 0.225. The Bertz CT molecular complexity index is 277. The average molecular weight is 363 g/mol. The molecule has 0 saturated heterocycles. The van der Waals surface area contributed by atoms with Gasteiger partial charge in [0.15, 0.2) is 0 Å². The predicted molar refractivity (Wildman–Crippen MR) is 106 cm³/mol. The molecule has 0 aromatic heterocycles. The molecule has 146 valence electrons. The molecule has 0 rings (SSSR count). The maximum Gasteiger partial charge on any atom is 0.144 e. The van der Waals surface area contributed by atoms with Crippen molar-refractivity contribution >= 4 is 9.52 Å². The minimum Gasteiger partial charge on any atom is -0.382 e. The smallest absolute Gasteiger partial charge is 0.144 e. The fourth-order valence-corrected chi connectivity index (χ4v) is 5.14. The molecule has 6 heteroatoms. The molecule has 0 aliphatic carbocycles. The predicted octanol–water partition coefficient (Wildman–Crippen LogP) is 2.00. The normalized spacial score (nSPS) is 13.0. The number of likely N-dealkylation sites (N-methyl/N-ethyl adjacent to an activating group) is 2. The summed E-state index contributed by atoms with van der Waals surface area (Å²) in [6.45, 7) is 16.0. The third kappa shape index (κ3) is 11.6. The van der Waals surface area contributed by atoms with E-state index in [2.05, 4.69) is 44.7 Å². The highest BCUT2D eigenvalue weighted by Gasteiger charge is 2.28. The summed E-state index contributed by atoms with van der Waals surface area (Å²) in [7, 11) is 4.00. The first kappa shape index (κ1) is 24.0. The topological polar surface area (TPSA) is 34.2 Å². The van der Waals surface area contributed by atoms with Crippen molar-refractivity contribution in [3.05, 3.63) is 0 Å². The van der Waals surface area contributed by atoms with Crippen LogP contribution in [0.2, 0.25) is 6.04 Å². The molecule has 0 heterocycles. The molecular formula is C18H42N2O3Si. The van der Waals surface area contributed by atoms with Gasteiger partial charge in [0.1, 0.15) is 5.41 Å². The lowest BCUT2D eigenvalue weighted by molar-refractivity contribution is -0.177. The van der Waals surface area contributed by atoms with Crippen molar-refractivity contribution in [2.75, 3.05) is 66.7 Å². The van der Waals surface area contributed by atoms with Crippen molar-refractivity contribution in [3.63, 3.8) is 0 Å². The second-order valence-corrected chi connectivity index (χ2v) is 8.68. The van der Waals surface area contributed by atoms with Gasteiger partial charge < -0.3 is 24.0 Å². The summed E-state index contributed by atoms with van der Waals surface area (Å²) in [6, 6.07) is 1.23. The third-order valence-corrected chi connectivity index (χ3v) is 6.69. The van der Waals surface area contributed by atoms with E-state index in [0.717, 1.165) is 65.4 Å². The van der Waals surface area contributed by atoms with Crippen LogP contribution in [-0.4, -0.2) is 91.4 Å². The van der Waals surface area contributed by atoms with E-state index in [1.807, 2.05) is 6.92 Å². The first-order chi connectivity index (χ1) is 11.5. The summed E-state index contributed by atoms with van der Waals surface area (Å²) in [4.78, 5) is 4.83. The van der Waals surface area contributed by atoms with E-state index in [1.54, 1.807) is 0 Å². The van der Waals surface area contributed by atoms with Crippen molar-refractivity contribution in [2.45, 2.75) is 52.0 Å². The van der Waals surface area contributed by atoms with Gasteiger partial charge in [-0.15, -0.1) is 0 Å². The van der Waals surface area contributed by atoms with Crippen molar-refractivity contribution in [1.82, 2.24) is 9.80 Å². The van der Waals surface area contributed by atoms with E-state index < -0.39 is 9.52 Å². The molecule has 0 amide bonds. The summed E-state index contributed by atoms with van der Waals surface area (Å²) in [5.41, 5.74) is -0.250. The molecular weight excluding hydrogens is 320 g/mol. The maximum atomic E-state index is 5.96. The van der Waals surface area contributed by atoms with Gasteiger partial charge in [0.2, 0.25) is 0 Å². The highest BCUT2D eigenvalue weighted by molar-refractivity contribution is 6.39. The Morgan fingerprint density at radius 1 is 0.792 bits per heavy atom. The van der Waals surface area contributed by atoms with Crippen LogP contribution in [0.3, 0.4) is 0 Å². The van der Waals surface area contributed by atoms with E-state index in [-0.39, 0.29) is 5.41 Å². The zero-order valence-corrected chi connectivity index (χ0v) is 18.5. The molecule has 0 spiro atoms.